The summed E-state index contributed by atoms with van der Waals surface area (Å²) >= 11 is 3.58. The predicted octanol–water partition coefficient (Wildman–Crippen LogP) is 3.12. The van der Waals surface area contributed by atoms with Gasteiger partial charge >= 0.3 is 0 Å². The molecule has 1 heterocycles. The van der Waals surface area contributed by atoms with E-state index < -0.39 is 0 Å². The van der Waals surface area contributed by atoms with Crippen molar-refractivity contribution in [2.75, 3.05) is 13.1 Å². The average Bonchev–Trinajstić information content (AvgIpc) is 2.75. The molecule has 1 atom stereocenters. The van der Waals surface area contributed by atoms with Crippen LogP contribution in [0.5, 0.6) is 0 Å². The molecule has 0 fully saturated rings. The van der Waals surface area contributed by atoms with Crippen molar-refractivity contribution in [2.45, 2.75) is 19.3 Å². The van der Waals surface area contributed by atoms with Gasteiger partial charge in [0.15, 0.2) is 0 Å². The van der Waals surface area contributed by atoms with Crippen molar-refractivity contribution in [3.05, 3.63) is 52.3 Å². The zero-order chi connectivity index (χ0) is 13.7. The van der Waals surface area contributed by atoms with Gasteiger partial charge in [-0.3, -0.25) is 4.68 Å². The summed E-state index contributed by atoms with van der Waals surface area (Å²) in [7, 11) is 2.00. The van der Waals surface area contributed by atoms with Crippen LogP contribution in [-0.4, -0.2) is 22.9 Å². The van der Waals surface area contributed by atoms with Crippen LogP contribution in [0.2, 0.25) is 0 Å². The first-order chi connectivity index (χ1) is 9.22. The summed E-state index contributed by atoms with van der Waals surface area (Å²) in [6.45, 7) is 4.12. The van der Waals surface area contributed by atoms with Crippen LogP contribution in [0.15, 0.2) is 41.0 Å². The Morgan fingerprint density at radius 1 is 1.32 bits per heavy atom. The third-order valence-corrected chi connectivity index (χ3v) is 4.02. The van der Waals surface area contributed by atoms with Crippen molar-refractivity contribution in [1.82, 2.24) is 15.1 Å². The fourth-order valence-electron chi connectivity index (χ4n) is 2.25. The highest BCUT2D eigenvalue weighted by Gasteiger charge is 2.16. The van der Waals surface area contributed by atoms with E-state index in [0.29, 0.717) is 5.92 Å². The van der Waals surface area contributed by atoms with E-state index in [1.165, 1.54) is 11.3 Å². The predicted molar refractivity (Wildman–Crippen MR) is 82.3 cm³/mol. The number of aryl methyl sites for hydroxylation is 1. The summed E-state index contributed by atoms with van der Waals surface area (Å²) in [6, 6.07) is 10.7. The molecule has 0 aliphatic heterocycles. The van der Waals surface area contributed by atoms with E-state index in [1.807, 2.05) is 17.9 Å². The highest BCUT2D eigenvalue weighted by molar-refractivity contribution is 9.10. The van der Waals surface area contributed by atoms with Crippen LogP contribution in [0.25, 0.3) is 0 Å². The standard InChI is InChI=1S/C15H20BrN3/c1-3-17-10-13(12-7-5-4-6-8-12)9-15-14(16)11-18-19(15)2/h4-8,11,13,17H,3,9-10H2,1-2H3. The van der Waals surface area contributed by atoms with Crippen molar-refractivity contribution >= 4 is 15.9 Å². The molecule has 19 heavy (non-hydrogen) atoms. The van der Waals surface area contributed by atoms with Crippen LogP contribution >= 0.6 is 15.9 Å². The van der Waals surface area contributed by atoms with Crippen LogP contribution in [0.4, 0.5) is 0 Å². The Morgan fingerprint density at radius 3 is 2.63 bits per heavy atom. The molecule has 3 nitrogen and oxygen atoms in total. The molecule has 102 valence electrons. The Kier molecular flexibility index (Phi) is 5.16. The van der Waals surface area contributed by atoms with Crippen molar-refractivity contribution in [3.8, 4) is 0 Å². The van der Waals surface area contributed by atoms with E-state index in [4.69, 9.17) is 0 Å². The molecule has 2 aromatic rings. The minimum absolute atomic E-state index is 0.466. The van der Waals surface area contributed by atoms with E-state index in [9.17, 15) is 0 Å². The summed E-state index contributed by atoms with van der Waals surface area (Å²) in [5.41, 5.74) is 2.61. The maximum Gasteiger partial charge on any atom is 0.0635 e. The molecule has 1 aromatic heterocycles. The van der Waals surface area contributed by atoms with Gasteiger partial charge in [0.2, 0.25) is 0 Å². The first kappa shape index (κ1) is 14.3. The topological polar surface area (TPSA) is 29.9 Å². The van der Waals surface area contributed by atoms with Crippen molar-refractivity contribution in [1.29, 1.82) is 0 Å². The second kappa shape index (κ2) is 6.87. The number of nitrogens with one attached hydrogen (secondary N) is 1. The molecule has 4 heteroatoms. The van der Waals surface area contributed by atoms with E-state index in [1.54, 1.807) is 0 Å². The summed E-state index contributed by atoms with van der Waals surface area (Å²) in [5, 5.41) is 7.75. The fourth-order valence-corrected chi connectivity index (χ4v) is 2.76. The third-order valence-electron chi connectivity index (χ3n) is 3.36. The maximum absolute atomic E-state index is 4.29. The normalized spacial score (nSPS) is 12.6. The van der Waals surface area contributed by atoms with Gasteiger partial charge in [0.05, 0.1) is 16.4 Å². The molecule has 0 amide bonds. The largest absolute Gasteiger partial charge is 0.316 e. The third kappa shape index (κ3) is 3.67. The van der Waals surface area contributed by atoms with Crippen LogP contribution in [0.3, 0.4) is 0 Å². The monoisotopic (exact) mass is 321 g/mol. The molecular weight excluding hydrogens is 302 g/mol. The Balaban J connectivity index is 2.19. The first-order valence-corrected chi connectivity index (χ1v) is 7.43. The Morgan fingerprint density at radius 2 is 2.05 bits per heavy atom. The van der Waals surface area contributed by atoms with Gasteiger partial charge in [-0.05, 0) is 34.5 Å². The van der Waals surface area contributed by atoms with Gasteiger partial charge in [-0.2, -0.15) is 5.10 Å². The fraction of sp³-hybridized carbons (Fsp3) is 0.400. The highest BCUT2D eigenvalue weighted by atomic mass is 79.9. The number of benzene rings is 1. The molecule has 1 N–H and O–H groups in total. The number of nitrogens with zero attached hydrogens (tertiary/aromatic N) is 2. The van der Waals surface area contributed by atoms with Gasteiger partial charge < -0.3 is 5.32 Å². The molecule has 0 bridgehead atoms. The van der Waals surface area contributed by atoms with Crippen LogP contribution in [0.1, 0.15) is 24.1 Å². The molecule has 1 aromatic carbocycles. The molecular formula is C15H20BrN3. The molecule has 0 spiro atoms. The molecule has 2 rings (SSSR count). The number of hydrogen-bond donors (Lipinski definition) is 1. The van der Waals surface area contributed by atoms with Gasteiger partial charge in [0, 0.05) is 19.5 Å². The Bertz CT molecular complexity index is 488. The molecule has 0 saturated carbocycles. The Labute approximate surface area is 123 Å². The summed E-state index contributed by atoms with van der Waals surface area (Å²) in [4.78, 5) is 0. The first-order valence-electron chi connectivity index (χ1n) is 6.64. The molecule has 0 aliphatic carbocycles. The van der Waals surface area contributed by atoms with E-state index in [2.05, 4.69) is 63.6 Å². The van der Waals surface area contributed by atoms with E-state index in [0.717, 1.165) is 24.0 Å². The highest BCUT2D eigenvalue weighted by Crippen LogP contribution is 2.24. The van der Waals surface area contributed by atoms with E-state index >= 15 is 0 Å². The SMILES string of the molecule is CCNCC(Cc1c(Br)cnn1C)c1ccccc1. The smallest absolute Gasteiger partial charge is 0.0635 e. The van der Waals surface area contributed by atoms with Crippen LogP contribution < -0.4 is 5.32 Å². The number of hydrogen-bond acceptors (Lipinski definition) is 2. The summed E-state index contributed by atoms with van der Waals surface area (Å²) < 4.78 is 3.04. The van der Waals surface area contributed by atoms with Crippen LogP contribution in [-0.2, 0) is 13.5 Å². The average molecular weight is 322 g/mol. The number of halogens is 1. The molecule has 0 saturated heterocycles. The van der Waals surface area contributed by atoms with Crippen molar-refractivity contribution in [3.63, 3.8) is 0 Å². The number of likely N-dealkylation sites (N-methyl/N-ethyl adjacent to an activating group) is 1. The molecule has 0 aliphatic rings. The second-order valence-electron chi connectivity index (χ2n) is 4.68. The lowest BCUT2D eigenvalue weighted by Crippen LogP contribution is -2.23. The van der Waals surface area contributed by atoms with Gasteiger partial charge in [-0.25, -0.2) is 0 Å². The van der Waals surface area contributed by atoms with E-state index in [-0.39, 0.29) is 0 Å². The minimum atomic E-state index is 0.466. The quantitative estimate of drug-likeness (QED) is 0.886. The Hall–Kier alpha value is -1.13. The molecule has 1 unspecified atom stereocenters. The number of aromatic nitrogens is 2. The van der Waals surface area contributed by atoms with Crippen molar-refractivity contribution in [2.24, 2.45) is 7.05 Å². The minimum Gasteiger partial charge on any atom is -0.316 e. The van der Waals surface area contributed by atoms with Gasteiger partial charge in [-0.15, -0.1) is 0 Å². The van der Waals surface area contributed by atoms with Gasteiger partial charge in [0.25, 0.3) is 0 Å². The van der Waals surface area contributed by atoms with Gasteiger partial charge in [0.1, 0.15) is 0 Å². The number of rotatable bonds is 6. The summed E-state index contributed by atoms with van der Waals surface area (Å²) in [6.07, 6.45) is 2.85. The van der Waals surface area contributed by atoms with Crippen LogP contribution in [0, 0.1) is 0 Å². The lowest BCUT2D eigenvalue weighted by Gasteiger charge is -2.18. The van der Waals surface area contributed by atoms with Crippen molar-refractivity contribution < 1.29 is 0 Å². The summed E-state index contributed by atoms with van der Waals surface area (Å²) in [5.74, 6) is 0.466. The van der Waals surface area contributed by atoms with Gasteiger partial charge in [-0.1, -0.05) is 37.3 Å². The lowest BCUT2D eigenvalue weighted by atomic mass is 9.94. The zero-order valence-corrected chi connectivity index (χ0v) is 13.0. The maximum atomic E-state index is 4.29. The zero-order valence-electron chi connectivity index (χ0n) is 11.4. The second-order valence-corrected chi connectivity index (χ2v) is 5.54. The lowest BCUT2D eigenvalue weighted by molar-refractivity contribution is 0.570. The molecule has 0 radical (unpaired) electrons.